The van der Waals surface area contributed by atoms with E-state index in [1.165, 1.54) is 0 Å². The van der Waals surface area contributed by atoms with Crippen LogP contribution in [-0.4, -0.2) is 42.1 Å². The summed E-state index contributed by atoms with van der Waals surface area (Å²) in [6.45, 7) is 3.56. The lowest BCUT2D eigenvalue weighted by molar-refractivity contribution is 0.0678. The van der Waals surface area contributed by atoms with E-state index in [1.807, 2.05) is 6.92 Å². The molecular weight excluding hydrogens is 204 g/mol. The zero-order valence-corrected chi connectivity index (χ0v) is 9.53. The number of hydrogen-bond donors (Lipinski definition) is 2. The van der Waals surface area contributed by atoms with Crippen molar-refractivity contribution < 1.29 is 9.90 Å². The summed E-state index contributed by atoms with van der Waals surface area (Å²) in [5, 5.41) is 12.8. The standard InChI is InChI=1S/C12H16N2O2/c1-8-3-4-11(15)10(5-8)12(16)14(2)9-6-13-7-9/h3-5,9,13,15H,6-7H2,1-2H3. The van der Waals surface area contributed by atoms with Crippen molar-refractivity contribution in [2.24, 2.45) is 0 Å². The van der Waals surface area contributed by atoms with Crippen LogP contribution in [-0.2, 0) is 0 Å². The Bertz CT molecular complexity index is 413. The van der Waals surface area contributed by atoms with Gasteiger partial charge in [-0.2, -0.15) is 0 Å². The number of phenolic OH excluding ortho intramolecular Hbond substituents is 1. The first kappa shape index (κ1) is 11.0. The largest absolute Gasteiger partial charge is 0.507 e. The fourth-order valence-corrected chi connectivity index (χ4v) is 1.72. The molecule has 0 aliphatic carbocycles. The van der Waals surface area contributed by atoms with Gasteiger partial charge < -0.3 is 15.3 Å². The van der Waals surface area contributed by atoms with Gasteiger partial charge in [0.2, 0.25) is 0 Å². The Labute approximate surface area is 94.9 Å². The highest BCUT2D eigenvalue weighted by molar-refractivity contribution is 5.97. The third-order valence-corrected chi connectivity index (χ3v) is 3.01. The summed E-state index contributed by atoms with van der Waals surface area (Å²) in [5.74, 6) is -0.0672. The normalized spacial score (nSPS) is 15.6. The quantitative estimate of drug-likeness (QED) is 0.773. The lowest BCUT2D eigenvalue weighted by atomic mass is 10.1. The van der Waals surface area contributed by atoms with Gasteiger partial charge in [-0.15, -0.1) is 0 Å². The fraction of sp³-hybridized carbons (Fsp3) is 0.417. The first-order chi connectivity index (χ1) is 7.59. The molecule has 0 radical (unpaired) electrons. The average molecular weight is 220 g/mol. The molecule has 0 bridgehead atoms. The Morgan fingerprint density at radius 1 is 1.50 bits per heavy atom. The molecule has 0 unspecified atom stereocenters. The number of likely N-dealkylation sites (N-methyl/N-ethyl adjacent to an activating group) is 1. The van der Waals surface area contributed by atoms with Crippen LogP contribution < -0.4 is 5.32 Å². The van der Waals surface area contributed by atoms with Crippen LogP contribution in [0.25, 0.3) is 0 Å². The van der Waals surface area contributed by atoms with Gasteiger partial charge in [-0.1, -0.05) is 11.6 Å². The molecule has 0 spiro atoms. The molecule has 4 heteroatoms. The van der Waals surface area contributed by atoms with Gasteiger partial charge in [-0.05, 0) is 19.1 Å². The van der Waals surface area contributed by atoms with Gasteiger partial charge in [0.1, 0.15) is 5.75 Å². The molecular formula is C12H16N2O2. The number of aromatic hydroxyl groups is 1. The van der Waals surface area contributed by atoms with Crippen molar-refractivity contribution in [2.75, 3.05) is 20.1 Å². The molecule has 86 valence electrons. The van der Waals surface area contributed by atoms with Crippen molar-refractivity contribution in [3.63, 3.8) is 0 Å². The zero-order valence-electron chi connectivity index (χ0n) is 9.53. The lowest BCUT2D eigenvalue weighted by Crippen LogP contribution is -2.57. The Balaban J connectivity index is 2.22. The van der Waals surface area contributed by atoms with Crippen molar-refractivity contribution in [1.82, 2.24) is 10.2 Å². The summed E-state index contributed by atoms with van der Waals surface area (Å²) in [6, 6.07) is 5.32. The van der Waals surface area contributed by atoms with Gasteiger partial charge in [-0.3, -0.25) is 4.79 Å². The molecule has 16 heavy (non-hydrogen) atoms. The molecule has 1 aliphatic rings. The summed E-state index contributed by atoms with van der Waals surface area (Å²) in [5.41, 5.74) is 1.36. The predicted octanol–water partition coefficient (Wildman–Crippen LogP) is 0.744. The van der Waals surface area contributed by atoms with E-state index in [2.05, 4.69) is 5.32 Å². The molecule has 1 aromatic carbocycles. The molecule has 0 saturated carbocycles. The maximum absolute atomic E-state index is 12.1. The monoisotopic (exact) mass is 220 g/mol. The van der Waals surface area contributed by atoms with Crippen LogP contribution in [0.5, 0.6) is 5.75 Å². The summed E-state index contributed by atoms with van der Waals surface area (Å²) in [4.78, 5) is 13.8. The number of nitrogens with one attached hydrogen (secondary N) is 1. The van der Waals surface area contributed by atoms with Crippen molar-refractivity contribution in [3.05, 3.63) is 29.3 Å². The first-order valence-electron chi connectivity index (χ1n) is 5.37. The van der Waals surface area contributed by atoms with Gasteiger partial charge >= 0.3 is 0 Å². The second kappa shape index (κ2) is 4.14. The summed E-state index contributed by atoms with van der Waals surface area (Å²) in [7, 11) is 1.77. The second-order valence-corrected chi connectivity index (χ2v) is 4.25. The second-order valence-electron chi connectivity index (χ2n) is 4.25. The number of aryl methyl sites for hydroxylation is 1. The van der Waals surface area contributed by atoms with E-state index in [0.717, 1.165) is 18.7 Å². The summed E-state index contributed by atoms with van der Waals surface area (Å²) < 4.78 is 0. The Kier molecular flexibility index (Phi) is 2.83. The number of phenols is 1. The lowest BCUT2D eigenvalue weighted by Gasteiger charge is -2.35. The maximum Gasteiger partial charge on any atom is 0.257 e. The Hall–Kier alpha value is -1.55. The number of benzene rings is 1. The smallest absolute Gasteiger partial charge is 0.257 e. The number of carbonyl (C=O) groups is 1. The molecule has 1 saturated heterocycles. The third-order valence-electron chi connectivity index (χ3n) is 3.01. The molecule has 2 rings (SSSR count). The van der Waals surface area contributed by atoms with E-state index in [0.29, 0.717) is 5.56 Å². The highest BCUT2D eigenvalue weighted by Gasteiger charge is 2.27. The average Bonchev–Trinajstić information content (AvgIpc) is 2.18. The van der Waals surface area contributed by atoms with Crippen LogP contribution in [0.1, 0.15) is 15.9 Å². The van der Waals surface area contributed by atoms with Gasteiger partial charge in [0.05, 0.1) is 11.6 Å². The Morgan fingerprint density at radius 3 is 2.75 bits per heavy atom. The van der Waals surface area contributed by atoms with Gasteiger partial charge in [-0.25, -0.2) is 0 Å². The summed E-state index contributed by atoms with van der Waals surface area (Å²) in [6.07, 6.45) is 0. The van der Waals surface area contributed by atoms with Crippen LogP contribution in [0.2, 0.25) is 0 Å². The topological polar surface area (TPSA) is 52.6 Å². The zero-order chi connectivity index (χ0) is 11.7. The maximum atomic E-state index is 12.1. The number of carbonyl (C=O) groups excluding carboxylic acids is 1. The number of nitrogens with zero attached hydrogens (tertiary/aromatic N) is 1. The van der Waals surface area contributed by atoms with E-state index >= 15 is 0 Å². The minimum absolute atomic E-state index is 0.0507. The molecule has 1 fully saturated rings. The molecule has 1 amide bonds. The number of rotatable bonds is 2. The minimum Gasteiger partial charge on any atom is -0.507 e. The van der Waals surface area contributed by atoms with Crippen molar-refractivity contribution >= 4 is 5.91 Å². The van der Waals surface area contributed by atoms with Crippen LogP contribution in [0.3, 0.4) is 0 Å². The fourth-order valence-electron chi connectivity index (χ4n) is 1.72. The van der Waals surface area contributed by atoms with Crippen LogP contribution in [0.15, 0.2) is 18.2 Å². The highest BCUT2D eigenvalue weighted by Crippen LogP contribution is 2.20. The van der Waals surface area contributed by atoms with Gasteiger partial charge in [0, 0.05) is 20.1 Å². The molecule has 1 aliphatic heterocycles. The molecule has 2 N–H and O–H groups in total. The first-order valence-corrected chi connectivity index (χ1v) is 5.37. The molecule has 0 aromatic heterocycles. The predicted molar refractivity (Wildman–Crippen MR) is 61.6 cm³/mol. The third kappa shape index (κ3) is 1.88. The van der Waals surface area contributed by atoms with Gasteiger partial charge in [0.25, 0.3) is 5.91 Å². The van der Waals surface area contributed by atoms with Crippen LogP contribution >= 0.6 is 0 Å². The minimum atomic E-state index is -0.118. The molecule has 4 nitrogen and oxygen atoms in total. The molecule has 0 atom stereocenters. The summed E-state index contributed by atoms with van der Waals surface area (Å²) >= 11 is 0. The number of hydrogen-bond acceptors (Lipinski definition) is 3. The highest BCUT2D eigenvalue weighted by atomic mass is 16.3. The van der Waals surface area contributed by atoms with E-state index in [9.17, 15) is 9.90 Å². The van der Waals surface area contributed by atoms with E-state index in [1.54, 1.807) is 30.1 Å². The molecule has 1 heterocycles. The van der Waals surface area contributed by atoms with Crippen molar-refractivity contribution in [2.45, 2.75) is 13.0 Å². The van der Waals surface area contributed by atoms with Crippen LogP contribution in [0, 0.1) is 6.92 Å². The van der Waals surface area contributed by atoms with Crippen LogP contribution in [0.4, 0.5) is 0 Å². The Morgan fingerprint density at radius 2 is 2.19 bits per heavy atom. The number of amides is 1. The molecule has 1 aromatic rings. The van der Waals surface area contributed by atoms with Crippen molar-refractivity contribution in [1.29, 1.82) is 0 Å². The van der Waals surface area contributed by atoms with E-state index in [-0.39, 0.29) is 17.7 Å². The van der Waals surface area contributed by atoms with E-state index in [4.69, 9.17) is 0 Å². The van der Waals surface area contributed by atoms with Crippen molar-refractivity contribution in [3.8, 4) is 5.75 Å². The van der Waals surface area contributed by atoms with E-state index < -0.39 is 0 Å². The SMILES string of the molecule is Cc1ccc(O)c(C(=O)N(C)C2CNC2)c1. The van der Waals surface area contributed by atoms with Gasteiger partial charge in [0.15, 0.2) is 0 Å².